The summed E-state index contributed by atoms with van der Waals surface area (Å²) in [6, 6.07) is 12.0. The predicted molar refractivity (Wildman–Crippen MR) is 99.5 cm³/mol. The molecule has 3 aromatic rings. The number of benzene rings is 2. The molecule has 0 saturated heterocycles. The monoisotopic (exact) mass is 371 g/mol. The van der Waals surface area contributed by atoms with E-state index in [1.807, 2.05) is 0 Å². The molecule has 0 aliphatic carbocycles. The van der Waals surface area contributed by atoms with Crippen LogP contribution in [0.3, 0.4) is 0 Å². The number of nitro benzene ring substituents is 1. The Bertz CT molecular complexity index is 963. The molecule has 0 spiro atoms. The molecule has 27 heavy (non-hydrogen) atoms. The van der Waals surface area contributed by atoms with Gasteiger partial charge >= 0.3 is 0 Å². The minimum absolute atomic E-state index is 0.0147. The predicted octanol–water partition coefficient (Wildman–Crippen LogP) is 3.44. The van der Waals surface area contributed by atoms with Gasteiger partial charge in [0.2, 0.25) is 0 Å². The largest absolute Gasteiger partial charge is 0.491 e. The van der Waals surface area contributed by atoms with E-state index >= 15 is 0 Å². The van der Waals surface area contributed by atoms with E-state index in [2.05, 4.69) is 10.3 Å². The lowest BCUT2D eigenvalue weighted by Gasteiger charge is -2.15. The first kappa shape index (κ1) is 18.5. The van der Waals surface area contributed by atoms with Gasteiger partial charge in [-0.2, -0.15) is 0 Å². The Hall–Kier alpha value is -3.26. The molecule has 0 saturated carbocycles. The number of nitro groups is 1. The molecule has 0 amide bonds. The Morgan fingerprint density at radius 3 is 2.74 bits per heavy atom. The van der Waals surface area contributed by atoms with Gasteiger partial charge in [0.15, 0.2) is 5.52 Å². The van der Waals surface area contributed by atoms with Crippen LogP contribution in [0.4, 0.5) is 15.8 Å². The van der Waals surface area contributed by atoms with Crippen molar-refractivity contribution in [3.63, 3.8) is 0 Å². The van der Waals surface area contributed by atoms with E-state index in [1.165, 1.54) is 30.3 Å². The van der Waals surface area contributed by atoms with Crippen molar-refractivity contribution in [1.29, 1.82) is 0 Å². The minimum Gasteiger partial charge on any atom is -0.491 e. The summed E-state index contributed by atoms with van der Waals surface area (Å²) in [5, 5.41) is 25.0. The zero-order chi connectivity index (χ0) is 19.4. The number of nitrogens with one attached hydrogen (secondary N) is 1. The topological polar surface area (TPSA) is 97.5 Å². The normalized spacial score (nSPS) is 12.0. The number of aromatic nitrogens is 1. The maximum Gasteiger partial charge on any atom is 0.295 e. The highest BCUT2D eigenvalue weighted by molar-refractivity contribution is 5.96. The highest BCUT2D eigenvalue weighted by Gasteiger charge is 2.16. The molecule has 8 heteroatoms. The first-order valence-corrected chi connectivity index (χ1v) is 8.29. The SMILES string of the molecule is Cc1cc(NCC(O)COc2ccc(F)cc2)c2cccc([N+](=O)[O-])c2n1. The molecule has 1 heterocycles. The fourth-order valence-electron chi connectivity index (χ4n) is 2.66. The van der Waals surface area contributed by atoms with Gasteiger partial charge in [0, 0.05) is 29.4 Å². The number of aliphatic hydroxyl groups excluding tert-OH is 1. The average Bonchev–Trinajstić information content (AvgIpc) is 2.65. The van der Waals surface area contributed by atoms with Crippen LogP contribution in [0.5, 0.6) is 5.75 Å². The minimum atomic E-state index is -0.836. The van der Waals surface area contributed by atoms with Gasteiger partial charge < -0.3 is 15.2 Å². The number of rotatable bonds is 7. The summed E-state index contributed by atoms with van der Waals surface area (Å²) < 4.78 is 18.3. The van der Waals surface area contributed by atoms with Gasteiger partial charge in [0.05, 0.1) is 4.92 Å². The lowest BCUT2D eigenvalue weighted by atomic mass is 10.1. The second-order valence-electron chi connectivity index (χ2n) is 6.04. The van der Waals surface area contributed by atoms with Crippen LogP contribution in [0.1, 0.15) is 5.69 Å². The number of ether oxygens (including phenoxy) is 1. The van der Waals surface area contributed by atoms with Crippen LogP contribution >= 0.6 is 0 Å². The summed E-state index contributed by atoms with van der Waals surface area (Å²) in [4.78, 5) is 15.0. The first-order chi connectivity index (χ1) is 12.9. The molecule has 2 aromatic carbocycles. The lowest BCUT2D eigenvalue weighted by Crippen LogP contribution is -2.26. The molecule has 0 fully saturated rings. The second kappa shape index (κ2) is 7.96. The Morgan fingerprint density at radius 2 is 2.04 bits per heavy atom. The summed E-state index contributed by atoms with van der Waals surface area (Å²) in [6.45, 7) is 1.93. The molecule has 0 aliphatic rings. The Labute approximate surface area is 154 Å². The van der Waals surface area contributed by atoms with E-state index in [0.717, 1.165) is 0 Å². The molecule has 0 radical (unpaired) electrons. The molecule has 140 valence electrons. The number of anilines is 1. The fourth-order valence-corrected chi connectivity index (χ4v) is 2.66. The number of halogens is 1. The van der Waals surface area contributed by atoms with Gasteiger partial charge in [-0.15, -0.1) is 0 Å². The number of fused-ring (bicyclic) bond motifs is 1. The Morgan fingerprint density at radius 1 is 1.30 bits per heavy atom. The van der Waals surface area contributed by atoms with Gasteiger partial charge in [-0.3, -0.25) is 10.1 Å². The first-order valence-electron chi connectivity index (χ1n) is 8.29. The van der Waals surface area contributed by atoms with Crippen molar-refractivity contribution in [2.45, 2.75) is 13.0 Å². The number of para-hydroxylation sites is 1. The van der Waals surface area contributed by atoms with Gasteiger partial charge in [0.25, 0.3) is 5.69 Å². The zero-order valence-corrected chi connectivity index (χ0v) is 14.6. The summed E-state index contributed by atoms with van der Waals surface area (Å²) in [5.41, 5.74) is 1.49. The van der Waals surface area contributed by atoms with Gasteiger partial charge in [0.1, 0.15) is 24.3 Å². The maximum absolute atomic E-state index is 12.9. The molecule has 0 aliphatic heterocycles. The summed E-state index contributed by atoms with van der Waals surface area (Å²) in [5.74, 6) is 0.0925. The van der Waals surface area contributed by atoms with Crippen molar-refractivity contribution in [2.24, 2.45) is 0 Å². The van der Waals surface area contributed by atoms with Gasteiger partial charge in [-0.25, -0.2) is 9.37 Å². The summed E-state index contributed by atoms with van der Waals surface area (Å²) in [7, 11) is 0. The molecular weight excluding hydrogens is 353 g/mol. The number of aryl methyl sites for hydroxylation is 1. The summed E-state index contributed by atoms with van der Waals surface area (Å²) >= 11 is 0. The Kier molecular flexibility index (Phi) is 5.46. The van der Waals surface area contributed by atoms with E-state index in [1.54, 1.807) is 25.1 Å². The van der Waals surface area contributed by atoms with E-state index in [4.69, 9.17) is 4.74 Å². The van der Waals surface area contributed by atoms with Crippen LogP contribution in [-0.4, -0.2) is 34.3 Å². The zero-order valence-electron chi connectivity index (χ0n) is 14.6. The van der Waals surface area contributed by atoms with Crippen molar-refractivity contribution in [1.82, 2.24) is 4.98 Å². The van der Waals surface area contributed by atoms with E-state index in [-0.39, 0.29) is 24.7 Å². The number of hydrogen-bond acceptors (Lipinski definition) is 6. The second-order valence-corrected chi connectivity index (χ2v) is 6.04. The molecule has 0 bridgehead atoms. The number of nitrogens with zero attached hydrogens (tertiary/aromatic N) is 2. The number of non-ortho nitro benzene ring substituents is 1. The van der Waals surface area contributed by atoms with Crippen LogP contribution in [-0.2, 0) is 0 Å². The number of pyridine rings is 1. The van der Waals surface area contributed by atoms with Gasteiger partial charge in [-0.1, -0.05) is 12.1 Å². The molecule has 1 atom stereocenters. The van der Waals surface area contributed by atoms with Crippen molar-refractivity contribution < 1.29 is 19.2 Å². The average molecular weight is 371 g/mol. The third-order valence-corrected chi connectivity index (χ3v) is 3.93. The van der Waals surface area contributed by atoms with Crippen LogP contribution in [0, 0.1) is 22.9 Å². The van der Waals surface area contributed by atoms with Crippen LogP contribution < -0.4 is 10.1 Å². The van der Waals surface area contributed by atoms with Crippen molar-refractivity contribution in [3.05, 3.63) is 70.2 Å². The van der Waals surface area contributed by atoms with Crippen molar-refractivity contribution in [2.75, 3.05) is 18.5 Å². The van der Waals surface area contributed by atoms with Gasteiger partial charge in [-0.05, 0) is 37.3 Å². The Balaban J connectivity index is 1.70. The molecular formula is C19H18FN3O4. The van der Waals surface area contributed by atoms with E-state index < -0.39 is 11.0 Å². The fraction of sp³-hybridized carbons (Fsp3) is 0.211. The third-order valence-electron chi connectivity index (χ3n) is 3.93. The van der Waals surface area contributed by atoms with Crippen molar-refractivity contribution in [3.8, 4) is 5.75 Å². The smallest absolute Gasteiger partial charge is 0.295 e. The van der Waals surface area contributed by atoms with E-state index in [0.29, 0.717) is 28.0 Å². The molecule has 1 unspecified atom stereocenters. The third kappa shape index (κ3) is 4.48. The highest BCUT2D eigenvalue weighted by Crippen LogP contribution is 2.29. The van der Waals surface area contributed by atoms with Crippen LogP contribution in [0.25, 0.3) is 10.9 Å². The standard InChI is InChI=1S/C19H18FN3O4/c1-12-9-17(16-3-2-4-18(23(25)26)19(16)22-12)21-10-14(24)11-27-15-7-5-13(20)6-8-15/h2-9,14,24H,10-11H2,1H3,(H,21,22). The van der Waals surface area contributed by atoms with Crippen LogP contribution in [0.2, 0.25) is 0 Å². The van der Waals surface area contributed by atoms with Crippen molar-refractivity contribution >= 4 is 22.3 Å². The van der Waals surface area contributed by atoms with E-state index in [9.17, 15) is 19.6 Å². The highest BCUT2D eigenvalue weighted by atomic mass is 19.1. The quantitative estimate of drug-likeness (QED) is 0.488. The molecule has 1 aromatic heterocycles. The maximum atomic E-state index is 12.9. The number of aliphatic hydroxyl groups is 1. The molecule has 2 N–H and O–H groups in total. The molecule has 3 rings (SSSR count). The lowest BCUT2D eigenvalue weighted by molar-refractivity contribution is -0.383. The van der Waals surface area contributed by atoms with Crippen LogP contribution in [0.15, 0.2) is 48.5 Å². The molecule has 7 nitrogen and oxygen atoms in total. The number of hydrogen-bond donors (Lipinski definition) is 2. The summed E-state index contributed by atoms with van der Waals surface area (Å²) in [6.07, 6.45) is -0.836.